The summed E-state index contributed by atoms with van der Waals surface area (Å²) in [6, 6.07) is 0. The Balaban J connectivity index is 2.32. The maximum Gasteiger partial charge on any atom is 0.329 e. The van der Waals surface area contributed by atoms with Gasteiger partial charge in [0.2, 0.25) is 11.8 Å². The lowest BCUT2D eigenvalue weighted by Gasteiger charge is -2.17. The van der Waals surface area contributed by atoms with Crippen molar-refractivity contribution in [3.63, 3.8) is 0 Å². The number of aromatic nitrogens is 2. The Morgan fingerprint density at radius 1 is 1.67 bits per heavy atom. The van der Waals surface area contributed by atoms with E-state index in [0.29, 0.717) is 17.7 Å². The summed E-state index contributed by atoms with van der Waals surface area (Å²) >= 11 is 0. The van der Waals surface area contributed by atoms with Crippen LogP contribution in [0.25, 0.3) is 0 Å². The van der Waals surface area contributed by atoms with Crippen LogP contribution in [0, 0.1) is 16.0 Å². The summed E-state index contributed by atoms with van der Waals surface area (Å²) in [5, 5.41) is 13.8. The zero-order chi connectivity index (χ0) is 13.1. The van der Waals surface area contributed by atoms with E-state index in [1.165, 1.54) is 6.20 Å². The van der Waals surface area contributed by atoms with Gasteiger partial charge in [-0.25, -0.2) is 4.98 Å². The number of nitrogens with zero attached hydrogens (tertiary/aromatic N) is 4. The first-order chi connectivity index (χ1) is 8.65. The summed E-state index contributed by atoms with van der Waals surface area (Å²) in [5.41, 5.74) is -0.0225. The Hall–Kier alpha value is -1.92. The fourth-order valence-corrected chi connectivity index (χ4v) is 2.21. The summed E-state index contributed by atoms with van der Waals surface area (Å²) in [7, 11) is 1.70. The molecular formula is C11H17N5O2. The molecule has 1 aromatic rings. The van der Waals surface area contributed by atoms with Gasteiger partial charge in [-0.2, -0.15) is 4.98 Å². The molecule has 0 aromatic carbocycles. The van der Waals surface area contributed by atoms with E-state index in [0.717, 1.165) is 25.9 Å². The molecule has 0 radical (unpaired) electrons. The zero-order valence-corrected chi connectivity index (χ0v) is 10.6. The molecule has 7 nitrogen and oxygen atoms in total. The summed E-state index contributed by atoms with van der Waals surface area (Å²) in [6.07, 6.45) is 3.42. The summed E-state index contributed by atoms with van der Waals surface area (Å²) in [6.45, 7) is 3.79. The van der Waals surface area contributed by atoms with Crippen LogP contribution < -0.4 is 10.2 Å². The van der Waals surface area contributed by atoms with E-state index in [4.69, 9.17) is 0 Å². The van der Waals surface area contributed by atoms with Crippen molar-refractivity contribution in [1.82, 2.24) is 9.97 Å². The third kappa shape index (κ3) is 2.34. The number of hydrogen-bond donors (Lipinski definition) is 1. The maximum atomic E-state index is 11.0. The predicted molar refractivity (Wildman–Crippen MR) is 68.8 cm³/mol. The lowest BCUT2D eigenvalue weighted by atomic mass is 10.1. The second kappa shape index (κ2) is 5.16. The second-order valence-corrected chi connectivity index (χ2v) is 4.42. The largest absolute Gasteiger partial charge is 0.357 e. The van der Waals surface area contributed by atoms with E-state index in [9.17, 15) is 10.1 Å². The number of nitro groups is 1. The molecule has 1 unspecified atom stereocenters. The summed E-state index contributed by atoms with van der Waals surface area (Å²) in [4.78, 5) is 20.7. The van der Waals surface area contributed by atoms with Crippen molar-refractivity contribution < 1.29 is 4.92 Å². The molecule has 0 bridgehead atoms. The molecule has 0 amide bonds. The maximum absolute atomic E-state index is 11.0. The molecule has 18 heavy (non-hydrogen) atoms. The Bertz CT molecular complexity index is 451. The van der Waals surface area contributed by atoms with Gasteiger partial charge in [-0.05, 0) is 12.3 Å². The quantitative estimate of drug-likeness (QED) is 0.647. The SMILES string of the molecule is CCC1CCN(c2nc(NC)ncc2[N+](=O)[O-])C1. The molecule has 1 saturated heterocycles. The van der Waals surface area contributed by atoms with Gasteiger partial charge >= 0.3 is 5.69 Å². The van der Waals surface area contributed by atoms with Crippen molar-refractivity contribution in [2.75, 3.05) is 30.4 Å². The zero-order valence-electron chi connectivity index (χ0n) is 10.6. The smallest absolute Gasteiger partial charge is 0.329 e. The monoisotopic (exact) mass is 251 g/mol. The molecule has 7 heteroatoms. The average Bonchev–Trinajstić information content (AvgIpc) is 2.86. The highest BCUT2D eigenvalue weighted by Crippen LogP contribution is 2.31. The Morgan fingerprint density at radius 2 is 2.44 bits per heavy atom. The average molecular weight is 251 g/mol. The lowest BCUT2D eigenvalue weighted by Crippen LogP contribution is -2.22. The van der Waals surface area contributed by atoms with Gasteiger partial charge in [0.25, 0.3) is 0 Å². The van der Waals surface area contributed by atoms with Crippen LogP contribution in [0.5, 0.6) is 0 Å². The van der Waals surface area contributed by atoms with E-state index in [2.05, 4.69) is 22.2 Å². The molecule has 0 spiro atoms. The van der Waals surface area contributed by atoms with Gasteiger partial charge in [-0.1, -0.05) is 13.3 Å². The molecule has 0 aliphatic carbocycles. The van der Waals surface area contributed by atoms with E-state index < -0.39 is 4.92 Å². The molecule has 1 aliphatic heterocycles. The van der Waals surface area contributed by atoms with Crippen LogP contribution in [0.1, 0.15) is 19.8 Å². The standard InChI is InChI=1S/C11H17N5O2/c1-3-8-4-5-15(7-8)10-9(16(17)18)6-13-11(12-2)14-10/h6,8H,3-5,7H2,1-2H3,(H,12,13,14). The fourth-order valence-electron chi connectivity index (χ4n) is 2.21. The van der Waals surface area contributed by atoms with Crippen molar-refractivity contribution in [3.8, 4) is 0 Å². The summed E-state index contributed by atoms with van der Waals surface area (Å²) < 4.78 is 0. The van der Waals surface area contributed by atoms with Crippen LogP contribution in [0.3, 0.4) is 0 Å². The van der Waals surface area contributed by atoms with Crippen LogP contribution >= 0.6 is 0 Å². The van der Waals surface area contributed by atoms with E-state index in [1.807, 2.05) is 4.90 Å². The van der Waals surface area contributed by atoms with Gasteiger partial charge in [0.05, 0.1) is 4.92 Å². The first kappa shape index (κ1) is 12.5. The van der Waals surface area contributed by atoms with Crippen LogP contribution in [0.2, 0.25) is 0 Å². The molecule has 98 valence electrons. The fraction of sp³-hybridized carbons (Fsp3) is 0.636. The molecule has 1 N–H and O–H groups in total. The molecular weight excluding hydrogens is 234 g/mol. The molecule has 2 heterocycles. The normalized spacial score (nSPS) is 19.0. The summed E-state index contributed by atoms with van der Waals surface area (Å²) in [5.74, 6) is 1.43. The molecule has 1 aliphatic rings. The molecule has 1 aromatic heterocycles. The second-order valence-electron chi connectivity index (χ2n) is 4.42. The van der Waals surface area contributed by atoms with Crippen molar-refractivity contribution >= 4 is 17.5 Å². The van der Waals surface area contributed by atoms with Crippen LogP contribution in [0.15, 0.2) is 6.20 Å². The third-order valence-electron chi connectivity index (χ3n) is 3.33. The van der Waals surface area contributed by atoms with Gasteiger partial charge in [0, 0.05) is 20.1 Å². The van der Waals surface area contributed by atoms with Crippen molar-refractivity contribution in [1.29, 1.82) is 0 Å². The highest BCUT2D eigenvalue weighted by Gasteiger charge is 2.28. The van der Waals surface area contributed by atoms with Crippen LogP contribution in [-0.4, -0.2) is 35.0 Å². The lowest BCUT2D eigenvalue weighted by molar-refractivity contribution is -0.384. The highest BCUT2D eigenvalue weighted by molar-refractivity contribution is 5.59. The van der Waals surface area contributed by atoms with Crippen molar-refractivity contribution in [2.45, 2.75) is 19.8 Å². The van der Waals surface area contributed by atoms with Crippen molar-refractivity contribution in [3.05, 3.63) is 16.3 Å². The van der Waals surface area contributed by atoms with Gasteiger partial charge in [-0.15, -0.1) is 0 Å². The number of hydrogen-bond acceptors (Lipinski definition) is 6. The topological polar surface area (TPSA) is 84.2 Å². The Labute approximate surface area is 105 Å². The van der Waals surface area contributed by atoms with Crippen molar-refractivity contribution in [2.24, 2.45) is 5.92 Å². The van der Waals surface area contributed by atoms with Gasteiger partial charge in [0.15, 0.2) is 0 Å². The minimum Gasteiger partial charge on any atom is -0.357 e. The van der Waals surface area contributed by atoms with Gasteiger partial charge in [-0.3, -0.25) is 10.1 Å². The van der Waals surface area contributed by atoms with E-state index in [1.54, 1.807) is 7.05 Å². The predicted octanol–water partition coefficient (Wildman–Crippen LogP) is 1.66. The minimum absolute atomic E-state index is 0.0225. The molecule has 1 fully saturated rings. The third-order valence-corrected chi connectivity index (χ3v) is 3.33. The Kier molecular flexibility index (Phi) is 3.59. The van der Waals surface area contributed by atoms with E-state index in [-0.39, 0.29) is 5.69 Å². The van der Waals surface area contributed by atoms with Gasteiger partial charge in [0.1, 0.15) is 6.20 Å². The Morgan fingerprint density at radius 3 is 3.00 bits per heavy atom. The van der Waals surface area contributed by atoms with E-state index >= 15 is 0 Å². The molecule has 2 rings (SSSR count). The highest BCUT2D eigenvalue weighted by atomic mass is 16.6. The van der Waals surface area contributed by atoms with Gasteiger partial charge < -0.3 is 10.2 Å². The number of nitrogens with one attached hydrogen (secondary N) is 1. The minimum atomic E-state index is -0.423. The number of rotatable bonds is 4. The number of anilines is 2. The molecule has 0 saturated carbocycles. The van der Waals surface area contributed by atoms with Crippen LogP contribution in [-0.2, 0) is 0 Å². The molecule has 1 atom stereocenters. The first-order valence-electron chi connectivity index (χ1n) is 6.09. The first-order valence-corrected chi connectivity index (χ1v) is 6.09. The van der Waals surface area contributed by atoms with Crippen LogP contribution in [0.4, 0.5) is 17.5 Å².